The van der Waals surface area contributed by atoms with E-state index in [0.29, 0.717) is 11.8 Å². The van der Waals surface area contributed by atoms with Gasteiger partial charge < -0.3 is 11.1 Å². The summed E-state index contributed by atoms with van der Waals surface area (Å²) in [4.78, 5) is 11.7. The Morgan fingerprint density at radius 1 is 0.533 bits per heavy atom. The Morgan fingerprint density at radius 2 is 0.956 bits per heavy atom. The van der Waals surface area contributed by atoms with Gasteiger partial charge in [-0.15, -0.1) is 0 Å². The highest BCUT2D eigenvalue weighted by atomic mass is 15.2. The van der Waals surface area contributed by atoms with Gasteiger partial charge in [-0.3, -0.25) is 4.90 Å². The first kappa shape index (κ1) is 34.0. The number of nitrogens with two attached hydrogens (primary N) is 1. The van der Waals surface area contributed by atoms with Crippen molar-refractivity contribution in [1.82, 2.24) is 9.97 Å². The second-order valence-electron chi connectivity index (χ2n) is 12.4. The van der Waals surface area contributed by atoms with Crippen LogP contribution in [0.15, 0.2) is 78.9 Å². The molecule has 0 aliphatic carbocycles. The minimum Gasteiger partial charge on any atom is -0.383 e. The largest absolute Gasteiger partial charge is 0.383 e. The monoisotopic (exact) mass is 605 g/mol. The minimum absolute atomic E-state index is 0.431. The van der Waals surface area contributed by atoms with Gasteiger partial charge in [0, 0.05) is 23.1 Å². The van der Waals surface area contributed by atoms with E-state index in [1.54, 1.807) is 0 Å². The zero-order valence-electron chi connectivity index (χ0n) is 28.0. The molecule has 0 bridgehead atoms. The third-order valence-corrected chi connectivity index (χ3v) is 8.52. The van der Waals surface area contributed by atoms with Crippen LogP contribution in [0.25, 0.3) is 0 Å². The van der Waals surface area contributed by atoms with Crippen LogP contribution in [0.5, 0.6) is 0 Å². The number of aryl methyl sites for hydroxylation is 3. The second-order valence-corrected chi connectivity index (χ2v) is 12.4. The fraction of sp³-hybridized carbons (Fsp3) is 0.450. The topological polar surface area (TPSA) is 67.1 Å². The molecule has 5 heteroatoms. The van der Waals surface area contributed by atoms with E-state index >= 15 is 0 Å². The minimum atomic E-state index is 0.431. The Balaban J connectivity index is 1.56. The highest BCUT2D eigenvalue weighted by Gasteiger charge is 2.16. The summed E-state index contributed by atoms with van der Waals surface area (Å²) in [5, 5.41) is 3.40. The summed E-state index contributed by atoms with van der Waals surface area (Å²) >= 11 is 0. The Bertz CT molecular complexity index is 1320. The standard InChI is InChI=1S/C40H55N5/c1-4-7-10-13-16-32-19-25-35(26-20-32)42-40-43-38(41)31-39(44-40)45(36-27-21-33(22-28-36)17-14-11-8-5-2)37-29-23-34(24-30-37)18-15-12-9-6-3/h19-31H,4-18H2,1-3H3,(H3,41,42,43,44). The number of rotatable bonds is 20. The number of nitrogen functional groups attached to an aromatic ring is 1. The van der Waals surface area contributed by atoms with E-state index in [-0.39, 0.29) is 0 Å². The molecule has 0 fully saturated rings. The fourth-order valence-corrected chi connectivity index (χ4v) is 5.81. The molecule has 5 nitrogen and oxygen atoms in total. The molecule has 0 saturated heterocycles. The van der Waals surface area contributed by atoms with Gasteiger partial charge in [-0.25, -0.2) is 0 Å². The molecule has 0 aliphatic heterocycles. The predicted octanol–water partition coefficient (Wildman–Crippen LogP) is 11.6. The van der Waals surface area contributed by atoms with Crippen molar-refractivity contribution in [1.29, 1.82) is 0 Å². The molecule has 0 amide bonds. The van der Waals surface area contributed by atoms with Crippen molar-refractivity contribution in [3.05, 3.63) is 95.6 Å². The van der Waals surface area contributed by atoms with Crippen molar-refractivity contribution in [2.45, 2.75) is 117 Å². The Labute approximate surface area is 272 Å². The summed E-state index contributed by atoms with van der Waals surface area (Å²) in [5.74, 6) is 1.66. The molecule has 1 aromatic heterocycles. The van der Waals surface area contributed by atoms with Crippen molar-refractivity contribution < 1.29 is 0 Å². The molecule has 240 valence electrons. The van der Waals surface area contributed by atoms with Crippen LogP contribution in [0.1, 0.15) is 115 Å². The van der Waals surface area contributed by atoms with Gasteiger partial charge in [0.05, 0.1) is 0 Å². The summed E-state index contributed by atoms with van der Waals surface area (Å²) in [6.07, 6.45) is 18.6. The molecule has 1 heterocycles. The number of nitrogens with one attached hydrogen (secondary N) is 1. The fourth-order valence-electron chi connectivity index (χ4n) is 5.81. The molecular formula is C40H55N5. The normalized spacial score (nSPS) is 11.1. The number of nitrogens with zero attached hydrogens (tertiary/aromatic N) is 3. The van der Waals surface area contributed by atoms with E-state index in [2.05, 4.69) is 109 Å². The first-order valence-corrected chi connectivity index (χ1v) is 17.6. The summed E-state index contributed by atoms with van der Waals surface area (Å²) in [5.41, 5.74) is 13.6. The molecule has 0 spiro atoms. The quantitative estimate of drug-likeness (QED) is 0.0981. The molecule has 4 rings (SSSR count). The zero-order valence-corrected chi connectivity index (χ0v) is 28.0. The molecule has 0 unspecified atom stereocenters. The van der Waals surface area contributed by atoms with Gasteiger partial charge in [-0.1, -0.05) is 115 Å². The Kier molecular flexibility index (Phi) is 14.2. The number of benzene rings is 3. The maximum absolute atomic E-state index is 6.40. The van der Waals surface area contributed by atoms with E-state index in [9.17, 15) is 0 Å². The van der Waals surface area contributed by atoms with Gasteiger partial charge in [0.2, 0.25) is 5.95 Å². The van der Waals surface area contributed by atoms with Gasteiger partial charge in [0.15, 0.2) is 0 Å². The highest BCUT2D eigenvalue weighted by molar-refractivity contribution is 5.76. The molecule has 0 aliphatic rings. The average Bonchev–Trinajstić information content (AvgIpc) is 3.05. The van der Waals surface area contributed by atoms with Crippen molar-refractivity contribution in [3.63, 3.8) is 0 Å². The summed E-state index contributed by atoms with van der Waals surface area (Å²) in [7, 11) is 0. The van der Waals surface area contributed by atoms with Crippen LogP contribution in [0.3, 0.4) is 0 Å². The number of anilines is 6. The molecule has 45 heavy (non-hydrogen) atoms. The van der Waals surface area contributed by atoms with E-state index in [1.807, 2.05) is 6.07 Å². The first-order valence-electron chi connectivity index (χ1n) is 17.6. The second kappa shape index (κ2) is 18.8. The lowest BCUT2D eigenvalue weighted by Crippen LogP contribution is -2.14. The van der Waals surface area contributed by atoms with Crippen molar-refractivity contribution in [3.8, 4) is 0 Å². The molecule has 3 aromatic carbocycles. The lowest BCUT2D eigenvalue weighted by Gasteiger charge is -2.25. The predicted molar refractivity (Wildman–Crippen MR) is 194 cm³/mol. The third-order valence-electron chi connectivity index (χ3n) is 8.52. The average molecular weight is 606 g/mol. The van der Waals surface area contributed by atoms with E-state index < -0.39 is 0 Å². The van der Waals surface area contributed by atoms with E-state index in [4.69, 9.17) is 10.7 Å². The van der Waals surface area contributed by atoms with E-state index in [1.165, 1.54) is 93.7 Å². The first-order chi connectivity index (χ1) is 22.1. The van der Waals surface area contributed by atoms with Crippen LogP contribution in [0, 0.1) is 0 Å². The Hall–Kier alpha value is -3.86. The van der Waals surface area contributed by atoms with Crippen LogP contribution in [0.4, 0.5) is 34.6 Å². The number of unbranched alkanes of at least 4 members (excludes halogenated alkanes) is 9. The van der Waals surface area contributed by atoms with Gasteiger partial charge in [-0.05, 0) is 91.6 Å². The molecule has 0 radical (unpaired) electrons. The van der Waals surface area contributed by atoms with Gasteiger partial charge in [-0.2, -0.15) is 9.97 Å². The maximum Gasteiger partial charge on any atom is 0.231 e. The summed E-state index contributed by atoms with van der Waals surface area (Å²) in [6, 6.07) is 28.3. The molecule has 4 aromatic rings. The molecule has 3 N–H and O–H groups in total. The molecular weight excluding hydrogens is 550 g/mol. The van der Waals surface area contributed by atoms with Crippen molar-refractivity contribution in [2.24, 2.45) is 0 Å². The number of hydrogen-bond acceptors (Lipinski definition) is 5. The van der Waals surface area contributed by atoms with Crippen LogP contribution in [-0.4, -0.2) is 9.97 Å². The highest BCUT2D eigenvalue weighted by Crippen LogP contribution is 2.35. The lowest BCUT2D eigenvalue weighted by atomic mass is 10.0. The van der Waals surface area contributed by atoms with Crippen LogP contribution >= 0.6 is 0 Å². The van der Waals surface area contributed by atoms with Gasteiger partial charge in [0.1, 0.15) is 11.6 Å². The molecule has 0 saturated carbocycles. The smallest absolute Gasteiger partial charge is 0.231 e. The van der Waals surface area contributed by atoms with Crippen molar-refractivity contribution >= 4 is 34.6 Å². The zero-order chi connectivity index (χ0) is 31.7. The molecule has 0 atom stereocenters. The Morgan fingerprint density at radius 3 is 1.38 bits per heavy atom. The van der Waals surface area contributed by atoms with Crippen LogP contribution < -0.4 is 16.0 Å². The maximum atomic E-state index is 6.40. The number of aromatic nitrogens is 2. The van der Waals surface area contributed by atoms with Crippen molar-refractivity contribution in [2.75, 3.05) is 16.0 Å². The van der Waals surface area contributed by atoms with Crippen LogP contribution in [-0.2, 0) is 19.3 Å². The van der Waals surface area contributed by atoms with Gasteiger partial charge >= 0.3 is 0 Å². The lowest BCUT2D eigenvalue weighted by molar-refractivity contribution is 0.667. The third kappa shape index (κ3) is 11.2. The van der Waals surface area contributed by atoms with E-state index in [0.717, 1.165) is 42.1 Å². The van der Waals surface area contributed by atoms with Crippen LogP contribution in [0.2, 0.25) is 0 Å². The summed E-state index contributed by atoms with van der Waals surface area (Å²) in [6.45, 7) is 6.77. The summed E-state index contributed by atoms with van der Waals surface area (Å²) < 4.78 is 0. The van der Waals surface area contributed by atoms with Gasteiger partial charge in [0.25, 0.3) is 0 Å². The number of hydrogen-bond donors (Lipinski definition) is 2. The SMILES string of the molecule is CCCCCCc1ccc(Nc2nc(N)cc(N(c3ccc(CCCCCC)cc3)c3ccc(CCCCCC)cc3)n2)cc1.